The molecule has 0 aromatic rings. The Morgan fingerprint density at radius 3 is 1.55 bits per heavy atom. The number of hydrogen-bond acceptors (Lipinski definition) is 0. The minimum atomic E-state index is 0.216. The fourth-order valence-electron chi connectivity index (χ4n) is 1.44. The number of rotatable bonds is 3. The lowest BCUT2D eigenvalue weighted by Gasteiger charge is -2.35. The van der Waals surface area contributed by atoms with E-state index in [9.17, 15) is 0 Å². The summed E-state index contributed by atoms with van der Waals surface area (Å²) in [6, 6.07) is 0. The molecule has 0 fully saturated rings. The Morgan fingerprint density at radius 1 is 1.09 bits per heavy atom. The Hall–Kier alpha value is 0. The van der Waals surface area contributed by atoms with Gasteiger partial charge in [0.15, 0.2) is 0 Å². The van der Waals surface area contributed by atoms with Crippen LogP contribution < -0.4 is 0 Å². The highest BCUT2D eigenvalue weighted by molar-refractivity contribution is 4.82. The molecule has 0 aliphatic rings. The Labute approximate surface area is 72.4 Å². The van der Waals surface area contributed by atoms with Gasteiger partial charge in [0.25, 0.3) is 0 Å². The molecule has 0 N–H and O–H groups in total. The van der Waals surface area contributed by atoms with Crippen molar-refractivity contribution in [3.63, 3.8) is 0 Å². The van der Waals surface area contributed by atoms with Crippen LogP contribution in [-0.4, -0.2) is 0 Å². The molecule has 0 aliphatic carbocycles. The summed E-state index contributed by atoms with van der Waals surface area (Å²) in [4.78, 5) is 0. The molecule has 0 spiro atoms. The standard InChI is InChI=1S/C11H23/c1-9(2)11(6,7)8-10(3,4)5/h9H,3,8H2,1-2,4-7H3. The Balaban J connectivity index is 4.13. The van der Waals surface area contributed by atoms with Crippen LogP contribution in [-0.2, 0) is 0 Å². The van der Waals surface area contributed by atoms with Crippen molar-refractivity contribution in [1.29, 1.82) is 0 Å². The van der Waals surface area contributed by atoms with Gasteiger partial charge >= 0.3 is 0 Å². The molecule has 0 nitrogen and oxygen atoms in total. The molecule has 0 aromatic carbocycles. The highest BCUT2D eigenvalue weighted by atomic mass is 14.3. The average Bonchev–Trinajstić information content (AvgIpc) is 1.56. The van der Waals surface area contributed by atoms with Gasteiger partial charge in [-0.1, -0.05) is 41.5 Å². The van der Waals surface area contributed by atoms with Crippen LogP contribution in [0.3, 0.4) is 0 Å². The van der Waals surface area contributed by atoms with E-state index in [2.05, 4.69) is 48.5 Å². The van der Waals surface area contributed by atoms with Gasteiger partial charge in [-0.2, -0.15) is 0 Å². The predicted octanol–water partition coefficient (Wildman–Crippen LogP) is 3.92. The van der Waals surface area contributed by atoms with Crippen LogP contribution in [0.5, 0.6) is 0 Å². The van der Waals surface area contributed by atoms with Crippen LogP contribution in [0.2, 0.25) is 0 Å². The summed E-state index contributed by atoms with van der Waals surface area (Å²) in [6.45, 7) is 17.8. The van der Waals surface area contributed by atoms with Crippen LogP contribution in [0.25, 0.3) is 0 Å². The third kappa shape index (κ3) is 4.44. The third-order valence-electron chi connectivity index (χ3n) is 2.50. The van der Waals surface area contributed by atoms with Crippen molar-refractivity contribution in [2.24, 2.45) is 16.7 Å². The van der Waals surface area contributed by atoms with E-state index in [0.717, 1.165) is 5.92 Å². The second kappa shape index (κ2) is 3.16. The summed E-state index contributed by atoms with van der Waals surface area (Å²) >= 11 is 0. The first-order valence-corrected chi connectivity index (χ1v) is 4.50. The smallest absolute Gasteiger partial charge is 0.0326 e. The van der Waals surface area contributed by atoms with E-state index in [1.807, 2.05) is 0 Å². The molecular formula is C11H23. The second-order valence-electron chi connectivity index (χ2n) is 5.48. The summed E-state index contributed by atoms with van der Waals surface area (Å²) in [6.07, 6.45) is 1.19. The van der Waals surface area contributed by atoms with Crippen LogP contribution in [0.1, 0.15) is 48.0 Å². The molecule has 0 saturated carbocycles. The predicted molar refractivity (Wildman–Crippen MR) is 52.4 cm³/mol. The first kappa shape index (κ1) is 11.0. The first-order valence-electron chi connectivity index (χ1n) is 4.50. The molecule has 0 bridgehead atoms. The average molecular weight is 155 g/mol. The van der Waals surface area contributed by atoms with E-state index in [4.69, 9.17) is 0 Å². The molecule has 11 heavy (non-hydrogen) atoms. The molecule has 0 aromatic heterocycles. The molecule has 0 saturated heterocycles. The fourth-order valence-corrected chi connectivity index (χ4v) is 1.44. The van der Waals surface area contributed by atoms with Gasteiger partial charge in [-0.3, -0.25) is 0 Å². The quantitative estimate of drug-likeness (QED) is 0.579. The van der Waals surface area contributed by atoms with Crippen molar-refractivity contribution in [3.05, 3.63) is 6.92 Å². The zero-order valence-electron chi connectivity index (χ0n) is 8.99. The topological polar surface area (TPSA) is 0 Å². The van der Waals surface area contributed by atoms with E-state index in [1.54, 1.807) is 0 Å². The maximum absolute atomic E-state index is 4.14. The molecule has 0 rings (SSSR count). The normalized spacial score (nSPS) is 14.2. The van der Waals surface area contributed by atoms with Crippen molar-refractivity contribution >= 4 is 0 Å². The van der Waals surface area contributed by atoms with Gasteiger partial charge in [-0.15, -0.1) is 0 Å². The van der Waals surface area contributed by atoms with Gasteiger partial charge in [0.1, 0.15) is 0 Å². The zero-order chi connectivity index (χ0) is 9.28. The molecule has 0 heteroatoms. The maximum Gasteiger partial charge on any atom is -0.0326 e. The Bertz CT molecular complexity index is 112. The van der Waals surface area contributed by atoms with Crippen LogP contribution >= 0.6 is 0 Å². The molecule has 67 valence electrons. The summed E-state index contributed by atoms with van der Waals surface area (Å²) in [5.41, 5.74) is 0.638. The highest BCUT2D eigenvalue weighted by Gasteiger charge is 2.27. The SMILES string of the molecule is [CH2]C(C)(C)CC(C)(C)C(C)C. The van der Waals surface area contributed by atoms with Crippen LogP contribution in [0.15, 0.2) is 0 Å². The van der Waals surface area contributed by atoms with Gasteiger partial charge in [-0.25, -0.2) is 0 Å². The van der Waals surface area contributed by atoms with Crippen LogP contribution in [0.4, 0.5) is 0 Å². The summed E-state index contributed by atoms with van der Waals surface area (Å²) in [5, 5.41) is 0. The summed E-state index contributed by atoms with van der Waals surface area (Å²) < 4.78 is 0. The zero-order valence-corrected chi connectivity index (χ0v) is 8.99. The largest absolute Gasteiger partial charge is 0.0623 e. The molecule has 0 aliphatic heterocycles. The van der Waals surface area contributed by atoms with E-state index in [1.165, 1.54) is 6.42 Å². The summed E-state index contributed by atoms with van der Waals surface area (Å²) in [7, 11) is 0. The van der Waals surface area contributed by atoms with Gasteiger partial charge in [0.2, 0.25) is 0 Å². The summed E-state index contributed by atoms with van der Waals surface area (Å²) in [5.74, 6) is 0.739. The molecule has 0 unspecified atom stereocenters. The second-order valence-corrected chi connectivity index (χ2v) is 5.48. The van der Waals surface area contributed by atoms with Gasteiger partial charge in [0, 0.05) is 0 Å². The van der Waals surface area contributed by atoms with Crippen molar-refractivity contribution < 1.29 is 0 Å². The molecule has 0 heterocycles. The highest BCUT2D eigenvalue weighted by Crippen LogP contribution is 2.38. The monoisotopic (exact) mass is 155 g/mol. The van der Waals surface area contributed by atoms with Crippen molar-refractivity contribution in [2.45, 2.75) is 48.0 Å². The van der Waals surface area contributed by atoms with E-state index in [0.29, 0.717) is 5.41 Å². The molecule has 0 atom stereocenters. The van der Waals surface area contributed by atoms with E-state index in [-0.39, 0.29) is 5.41 Å². The number of hydrogen-bond donors (Lipinski definition) is 0. The Kier molecular flexibility index (Phi) is 3.16. The fraction of sp³-hybridized carbons (Fsp3) is 0.909. The minimum absolute atomic E-state index is 0.216. The molecule has 1 radical (unpaired) electrons. The van der Waals surface area contributed by atoms with E-state index >= 15 is 0 Å². The molecule has 0 amide bonds. The maximum atomic E-state index is 4.14. The minimum Gasteiger partial charge on any atom is -0.0623 e. The van der Waals surface area contributed by atoms with E-state index < -0.39 is 0 Å². The lowest BCUT2D eigenvalue weighted by atomic mass is 9.70. The van der Waals surface area contributed by atoms with Gasteiger partial charge in [-0.05, 0) is 30.1 Å². The van der Waals surface area contributed by atoms with Crippen molar-refractivity contribution in [1.82, 2.24) is 0 Å². The third-order valence-corrected chi connectivity index (χ3v) is 2.50. The molecular weight excluding hydrogens is 132 g/mol. The van der Waals surface area contributed by atoms with Crippen molar-refractivity contribution in [3.8, 4) is 0 Å². The first-order chi connectivity index (χ1) is 4.65. The van der Waals surface area contributed by atoms with Crippen molar-refractivity contribution in [2.75, 3.05) is 0 Å². The van der Waals surface area contributed by atoms with Gasteiger partial charge in [0.05, 0.1) is 0 Å². The van der Waals surface area contributed by atoms with Crippen LogP contribution in [0, 0.1) is 23.7 Å². The lowest BCUT2D eigenvalue weighted by Crippen LogP contribution is -2.25. The Morgan fingerprint density at radius 2 is 1.45 bits per heavy atom. The van der Waals surface area contributed by atoms with Gasteiger partial charge < -0.3 is 0 Å². The lowest BCUT2D eigenvalue weighted by molar-refractivity contribution is 0.166.